The third kappa shape index (κ3) is 5.88. The maximum absolute atomic E-state index is 9.83. The van der Waals surface area contributed by atoms with Gasteiger partial charge in [0.15, 0.2) is 0 Å². The molecule has 1 aliphatic heterocycles. The summed E-state index contributed by atoms with van der Waals surface area (Å²) in [5.74, 6) is 0. The lowest BCUT2D eigenvalue weighted by molar-refractivity contribution is 0.261. The molecule has 3 heterocycles. The van der Waals surface area contributed by atoms with E-state index in [-0.39, 0.29) is 11.5 Å². The molecule has 8 nitrogen and oxygen atoms in total. The molecule has 39 heavy (non-hydrogen) atoms. The van der Waals surface area contributed by atoms with Crippen LogP contribution in [0.3, 0.4) is 0 Å². The molecule has 3 aromatic rings. The van der Waals surface area contributed by atoms with Gasteiger partial charge in [-0.2, -0.15) is 5.26 Å². The van der Waals surface area contributed by atoms with Crippen LogP contribution in [-0.2, 0) is 0 Å². The van der Waals surface area contributed by atoms with E-state index < -0.39 is 0 Å². The summed E-state index contributed by atoms with van der Waals surface area (Å²) in [6.07, 6.45) is 10.0. The first-order valence-corrected chi connectivity index (χ1v) is 14.2. The van der Waals surface area contributed by atoms with E-state index in [4.69, 9.17) is 11.6 Å². The number of hydrogen-bond donors (Lipinski definition) is 4. The standard InChI is InChI=1S/C29H33ClN8S/c1-6-7-24-26(34-16-39-24)17(2)25(23-14-38(37-36-23)20-8-9-20)35-19-10-21-27(33-15-29(3,4)5)18(12-31)13-32-28(21)22(30)11-19/h6-7,10-11,13-14,16,20,25,35-37H,2,8-9,15H2,1,3-5H3,(H,32,33)/b7-6-/t25-/m0/s1. The first-order chi connectivity index (χ1) is 18.7. The van der Waals surface area contributed by atoms with Crippen molar-refractivity contribution in [2.24, 2.45) is 5.41 Å². The van der Waals surface area contributed by atoms with E-state index >= 15 is 0 Å². The Morgan fingerprint density at radius 2 is 2.15 bits per heavy atom. The number of rotatable bonds is 9. The molecule has 2 aliphatic rings. The van der Waals surface area contributed by atoms with Gasteiger partial charge >= 0.3 is 0 Å². The van der Waals surface area contributed by atoms with Crippen LogP contribution < -0.4 is 21.6 Å². The number of allylic oxidation sites excluding steroid dienone is 1. The smallest absolute Gasteiger partial charge is 0.103 e. The summed E-state index contributed by atoms with van der Waals surface area (Å²) in [6.45, 7) is 13.6. The highest BCUT2D eigenvalue weighted by Gasteiger charge is 2.33. The Kier molecular flexibility index (Phi) is 7.54. The molecule has 1 fully saturated rings. The lowest BCUT2D eigenvalue weighted by atomic mass is 9.96. The van der Waals surface area contributed by atoms with Gasteiger partial charge in [0.05, 0.1) is 49.6 Å². The quantitative estimate of drug-likeness (QED) is 0.234. The molecule has 0 unspecified atom stereocenters. The lowest BCUT2D eigenvalue weighted by Crippen LogP contribution is -2.40. The van der Waals surface area contributed by atoms with Crippen molar-refractivity contribution in [3.05, 3.63) is 69.5 Å². The van der Waals surface area contributed by atoms with E-state index in [9.17, 15) is 5.26 Å². The van der Waals surface area contributed by atoms with E-state index in [2.05, 4.69) is 82.3 Å². The van der Waals surface area contributed by atoms with Crippen LogP contribution in [0.25, 0.3) is 22.6 Å². The third-order valence-corrected chi connectivity index (χ3v) is 7.66. The molecular formula is C29H33ClN8S. The highest BCUT2D eigenvalue weighted by molar-refractivity contribution is 7.10. The van der Waals surface area contributed by atoms with Gasteiger partial charge in [-0.1, -0.05) is 45.0 Å². The fourth-order valence-corrected chi connectivity index (χ4v) is 5.48. The highest BCUT2D eigenvalue weighted by Crippen LogP contribution is 2.36. The van der Waals surface area contributed by atoms with Gasteiger partial charge in [-0.25, -0.2) is 4.98 Å². The minimum atomic E-state index is -0.320. The second-order valence-electron chi connectivity index (χ2n) is 11.1. The highest BCUT2D eigenvalue weighted by atomic mass is 35.5. The van der Waals surface area contributed by atoms with Crippen molar-refractivity contribution in [2.75, 3.05) is 17.2 Å². The van der Waals surface area contributed by atoms with Crippen molar-refractivity contribution in [2.45, 2.75) is 52.6 Å². The molecule has 4 N–H and O–H groups in total. The maximum atomic E-state index is 9.83. The number of aromatic nitrogens is 2. The number of nitriles is 1. The van der Waals surface area contributed by atoms with Gasteiger partial charge in [0.2, 0.25) is 0 Å². The first kappa shape index (κ1) is 27.0. The van der Waals surface area contributed by atoms with Gasteiger partial charge in [0.25, 0.3) is 0 Å². The summed E-state index contributed by atoms with van der Waals surface area (Å²) in [5, 5.41) is 20.3. The lowest BCUT2D eigenvalue weighted by Gasteiger charge is -2.24. The molecule has 5 rings (SSSR count). The average Bonchev–Trinajstić information content (AvgIpc) is 3.44. The molecule has 0 spiro atoms. The van der Waals surface area contributed by atoms with Crippen molar-refractivity contribution in [1.29, 1.82) is 5.26 Å². The van der Waals surface area contributed by atoms with Crippen LogP contribution in [0.5, 0.6) is 0 Å². The van der Waals surface area contributed by atoms with Crippen molar-refractivity contribution >= 4 is 56.9 Å². The Labute approximate surface area is 238 Å². The molecule has 1 aromatic carbocycles. The monoisotopic (exact) mass is 560 g/mol. The van der Waals surface area contributed by atoms with Gasteiger partial charge in [-0.3, -0.25) is 9.99 Å². The summed E-state index contributed by atoms with van der Waals surface area (Å²) in [7, 11) is 0. The fraction of sp³-hybridized carbons (Fsp3) is 0.345. The van der Waals surface area contributed by atoms with Crippen LogP contribution in [0.4, 0.5) is 11.4 Å². The summed E-state index contributed by atoms with van der Waals surface area (Å²) in [5.41, 5.74) is 13.7. The molecule has 0 radical (unpaired) electrons. The largest absolute Gasteiger partial charge is 0.383 e. The van der Waals surface area contributed by atoms with Crippen molar-refractivity contribution in [3.63, 3.8) is 0 Å². The molecule has 1 atom stereocenters. The van der Waals surface area contributed by atoms with E-state index in [0.29, 0.717) is 28.7 Å². The van der Waals surface area contributed by atoms with Crippen LogP contribution in [0.1, 0.15) is 56.7 Å². The summed E-state index contributed by atoms with van der Waals surface area (Å²) >= 11 is 8.36. The molecule has 202 valence electrons. The molecule has 1 aliphatic carbocycles. The van der Waals surface area contributed by atoms with Crippen molar-refractivity contribution < 1.29 is 0 Å². The Balaban J connectivity index is 1.56. The van der Waals surface area contributed by atoms with Crippen LogP contribution in [-0.4, -0.2) is 33.6 Å². The number of anilines is 2. The van der Waals surface area contributed by atoms with Gasteiger partial charge in [0.1, 0.15) is 6.07 Å². The molecular weight excluding hydrogens is 528 g/mol. The number of fused-ring (bicyclic) bond motifs is 1. The Morgan fingerprint density at radius 3 is 2.85 bits per heavy atom. The topological polar surface area (TPSA) is 101 Å². The van der Waals surface area contributed by atoms with E-state index in [1.807, 2.05) is 30.6 Å². The second-order valence-corrected chi connectivity index (χ2v) is 12.3. The number of hydrogen-bond acceptors (Lipinski definition) is 9. The fourth-order valence-electron chi connectivity index (χ4n) is 4.43. The number of pyridine rings is 1. The van der Waals surface area contributed by atoms with Gasteiger partial charge in [0, 0.05) is 41.6 Å². The zero-order valence-corrected chi connectivity index (χ0v) is 24.2. The van der Waals surface area contributed by atoms with Crippen LogP contribution in [0.15, 0.2) is 48.4 Å². The Morgan fingerprint density at radius 1 is 1.36 bits per heavy atom. The summed E-state index contributed by atoms with van der Waals surface area (Å²) in [6, 6.07) is 6.31. The SMILES string of the molecule is C=C(c1ncsc1/C=C\C)[C@H](Nc1cc(Cl)c2ncc(C#N)c(NCC(C)(C)C)c2c1)C1=CN(C2CC2)NN1. The Hall–Kier alpha value is -3.58. The van der Waals surface area contributed by atoms with E-state index in [1.165, 1.54) is 0 Å². The predicted octanol–water partition coefficient (Wildman–Crippen LogP) is 6.53. The molecule has 2 aromatic heterocycles. The zero-order chi connectivity index (χ0) is 27.7. The molecule has 0 amide bonds. The number of hydrazine groups is 2. The van der Waals surface area contributed by atoms with E-state index in [0.717, 1.165) is 51.4 Å². The van der Waals surface area contributed by atoms with Crippen LogP contribution in [0, 0.1) is 16.7 Å². The number of nitrogens with zero attached hydrogens (tertiary/aromatic N) is 4. The van der Waals surface area contributed by atoms with Crippen LogP contribution in [0.2, 0.25) is 5.02 Å². The normalized spacial score (nSPS) is 16.2. The molecule has 0 saturated heterocycles. The van der Waals surface area contributed by atoms with E-state index in [1.54, 1.807) is 17.5 Å². The minimum absolute atomic E-state index is 0.0179. The van der Waals surface area contributed by atoms with Gasteiger partial charge in [-0.15, -0.1) is 16.9 Å². The predicted molar refractivity (Wildman–Crippen MR) is 162 cm³/mol. The second kappa shape index (κ2) is 10.9. The summed E-state index contributed by atoms with van der Waals surface area (Å²) < 4.78 is 0. The number of nitrogens with one attached hydrogen (secondary N) is 4. The maximum Gasteiger partial charge on any atom is 0.103 e. The Bertz CT molecular complexity index is 1510. The number of benzene rings is 1. The number of thiazole rings is 1. The number of halogens is 1. The molecule has 0 bridgehead atoms. The average molecular weight is 561 g/mol. The zero-order valence-electron chi connectivity index (χ0n) is 22.6. The minimum Gasteiger partial charge on any atom is -0.383 e. The molecule has 10 heteroatoms. The third-order valence-electron chi connectivity index (χ3n) is 6.58. The van der Waals surface area contributed by atoms with Gasteiger partial charge in [-0.05, 0) is 43.4 Å². The summed E-state index contributed by atoms with van der Waals surface area (Å²) in [4.78, 5) is 10.2. The van der Waals surface area contributed by atoms with Crippen molar-refractivity contribution in [1.82, 2.24) is 25.9 Å². The first-order valence-electron chi connectivity index (χ1n) is 13.0. The van der Waals surface area contributed by atoms with Gasteiger partial charge < -0.3 is 16.1 Å². The van der Waals surface area contributed by atoms with Crippen molar-refractivity contribution in [3.8, 4) is 6.07 Å². The molecule has 1 saturated carbocycles. The van der Waals surface area contributed by atoms with Crippen LogP contribution >= 0.6 is 22.9 Å².